The Labute approximate surface area is 202 Å². The van der Waals surface area contributed by atoms with Gasteiger partial charge in [0.05, 0.1) is 6.61 Å². The third-order valence-corrected chi connectivity index (χ3v) is 5.00. The van der Waals surface area contributed by atoms with Gasteiger partial charge in [0.2, 0.25) is 5.72 Å². The first-order chi connectivity index (χ1) is 13.8. The maximum atomic E-state index is 13.1. The molecule has 2 aromatic rings. The second kappa shape index (κ2) is 9.94. The van der Waals surface area contributed by atoms with E-state index < -0.39 is 36.4 Å². The topological polar surface area (TPSA) is 174 Å². The number of hydrogen-bond acceptors (Lipinski definition) is 10. The summed E-state index contributed by atoms with van der Waals surface area (Å²) in [4.78, 5) is 37.7. The minimum atomic E-state index is -2.07. The van der Waals surface area contributed by atoms with Gasteiger partial charge in [-0.1, -0.05) is 13.8 Å². The fourth-order valence-electron chi connectivity index (χ4n) is 3.55. The normalized spacial score (nSPS) is 26.0. The number of nitrogen functional groups attached to an aromatic ring is 1. The molecule has 0 unspecified atom stereocenters. The molecule has 12 heteroatoms. The van der Waals surface area contributed by atoms with Crippen molar-refractivity contribution in [1.29, 1.82) is 0 Å². The molecule has 0 spiro atoms. The van der Waals surface area contributed by atoms with Crippen LogP contribution in [0.3, 0.4) is 0 Å². The average molecular weight is 450 g/mol. The van der Waals surface area contributed by atoms with Gasteiger partial charge in [0, 0.05) is 12.8 Å². The van der Waals surface area contributed by atoms with E-state index in [0.29, 0.717) is 12.8 Å². The van der Waals surface area contributed by atoms with Gasteiger partial charge in [0.25, 0.3) is 0 Å². The Morgan fingerprint density at radius 2 is 1.90 bits per heavy atom. The van der Waals surface area contributed by atoms with Crippen molar-refractivity contribution in [2.75, 3.05) is 12.3 Å². The molecule has 5 N–H and O–H groups in total. The number of carbonyl (C=O) groups excluding carboxylic acids is 2. The molecule has 4 atom stereocenters. The van der Waals surface area contributed by atoms with Crippen molar-refractivity contribution < 1.29 is 29.6 Å². The van der Waals surface area contributed by atoms with Gasteiger partial charge >= 0.3 is 37.7 Å². The first kappa shape index (κ1) is 25.1. The Hall–Kier alpha value is -1.21. The molecule has 1 aliphatic heterocycles. The zero-order valence-corrected chi connectivity index (χ0v) is 16.3. The third kappa shape index (κ3) is 3.99. The first-order valence-corrected chi connectivity index (χ1v) is 9.54. The van der Waals surface area contributed by atoms with Crippen LogP contribution >= 0.6 is 0 Å². The number of ether oxygens (including phenoxy) is 1. The number of imidazole rings is 1. The predicted molar refractivity (Wildman–Crippen MR) is 109 cm³/mol. The van der Waals surface area contributed by atoms with E-state index in [9.17, 15) is 24.9 Å². The Morgan fingerprint density at radius 3 is 2.47 bits per heavy atom. The van der Waals surface area contributed by atoms with E-state index in [-0.39, 0.29) is 79.2 Å². The molecule has 0 aromatic carbocycles. The summed E-state index contributed by atoms with van der Waals surface area (Å²) in [5.74, 6) is -1.05. The fraction of sp³-hybridized carbons (Fsp3) is 0.611. The van der Waals surface area contributed by atoms with Crippen molar-refractivity contribution >= 4 is 66.3 Å². The SMILES string of the molecule is CCCC(=O)c1nc(N)c2ncn([C@]3(C(=O)CCC)O[C@H](CO)[C@@H](O)[C@H]3O)c2n1.[CaH2]. The molecule has 30 heavy (non-hydrogen) atoms. The van der Waals surface area contributed by atoms with Crippen LogP contribution in [0.5, 0.6) is 0 Å². The number of aromatic nitrogens is 4. The molecular weight excluding hydrogens is 422 g/mol. The number of carbonyl (C=O) groups is 2. The van der Waals surface area contributed by atoms with E-state index in [0.717, 1.165) is 0 Å². The van der Waals surface area contributed by atoms with Gasteiger partial charge in [-0.15, -0.1) is 0 Å². The van der Waals surface area contributed by atoms with Crippen LogP contribution in [-0.4, -0.2) is 109 Å². The van der Waals surface area contributed by atoms with Gasteiger partial charge in [-0.05, 0) is 12.8 Å². The molecule has 0 radical (unpaired) electrons. The number of anilines is 1. The van der Waals surface area contributed by atoms with Gasteiger partial charge < -0.3 is 25.8 Å². The zero-order chi connectivity index (χ0) is 21.3. The minimum absolute atomic E-state index is 0. The maximum absolute atomic E-state index is 13.1. The van der Waals surface area contributed by atoms with E-state index in [2.05, 4.69) is 15.0 Å². The molecule has 0 amide bonds. The molecule has 1 fully saturated rings. The Kier molecular flexibility index (Phi) is 8.30. The van der Waals surface area contributed by atoms with Crippen molar-refractivity contribution in [2.24, 2.45) is 0 Å². The van der Waals surface area contributed by atoms with Gasteiger partial charge in [0.15, 0.2) is 28.9 Å². The van der Waals surface area contributed by atoms with Crippen molar-refractivity contribution in [1.82, 2.24) is 19.5 Å². The summed E-state index contributed by atoms with van der Waals surface area (Å²) in [5.41, 5.74) is 4.02. The van der Waals surface area contributed by atoms with E-state index in [1.807, 2.05) is 6.92 Å². The molecule has 2 aromatic heterocycles. The Morgan fingerprint density at radius 1 is 1.23 bits per heavy atom. The van der Waals surface area contributed by atoms with Crippen LogP contribution in [0.4, 0.5) is 5.82 Å². The van der Waals surface area contributed by atoms with Crippen molar-refractivity contribution in [3.05, 3.63) is 12.2 Å². The fourth-order valence-corrected chi connectivity index (χ4v) is 3.55. The average Bonchev–Trinajstić information content (AvgIpc) is 3.23. The van der Waals surface area contributed by atoms with Crippen molar-refractivity contribution in [2.45, 2.75) is 63.6 Å². The number of ketones is 2. The number of Topliss-reactive ketones (excluding diaryl/α,β-unsaturated/α-hetero) is 2. The van der Waals surface area contributed by atoms with Crippen LogP contribution in [0.1, 0.15) is 50.1 Å². The summed E-state index contributed by atoms with van der Waals surface area (Å²) in [6.45, 7) is 3.01. The van der Waals surface area contributed by atoms with Gasteiger partial charge in [-0.3, -0.25) is 14.2 Å². The number of nitrogens with zero attached hydrogens (tertiary/aromatic N) is 4. The summed E-state index contributed by atoms with van der Waals surface area (Å²) in [6.07, 6.45) is -1.91. The van der Waals surface area contributed by atoms with E-state index in [1.165, 1.54) is 10.9 Å². The molecule has 1 saturated heterocycles. The van der Waals surface area contributed by atoms with Crippen LogP contribution in [0.2, 0.25) is 0 Å². The quantitative estimate of drug-likeness (QED) is 0.277. The number of fused-ring (bicyclic) bond motifs is 1. The molecule has 3 heterocycles. The van der Waals surface area contributed by atoms with Crippen LogP contribution in [-0.2, 0) is 15.3 Å². The van der Waals surface area contributed by atoms with Crippen LogP contribution in [0, 0.1) is 0 Å². The molecule has 3 rings (SSSR count). The number of rotatable bonds is 8. The molecule has 162 valence electrons. The second-order valence-electron chi connectivity index (χ2n) is 7.04. The van der Waals surface area contributed by atoms with Crippen LogP contribution in [0.15, 0.2) is 6.33 Å². The molecule has 0 bridgehead atoms. The predicted octanol–water partition coefficient (Wildman–Crippen LogP) is -1.39. The Bertz CT molecular complexity index is 937. The molecule has 0 saturated carbocycles. The first-order valence-electron chi connectivity index (χ1n) is 9.54. The van der Waals surface area contributed by atoms with Gasteiger partial charge in [0.1, 0.15) is 30.2 Å². The molecule has 1 aliphatic rings. The van der Waals surface area contributed by atoms with E-state index in [4.69, 9.17) is 10.5 Å². The number of aliphatic hydroxyl groups excluding tert-OH is 3. The van der Waals surface area contributed by atoms with Crippen LogP contribution < -0.4 is 5.73 Å². The zero-order valence-electron chi connectivity index (χ0n) is 16.3. The van der Waals surface area contributed by atoms with E-state index >= 15 is 0 Å². The molecule has 0 aliphatic carbocycles. The summed E-state index contributed by atoms with van der Waals surface area (Å²) < 4.78 is 6.89. The van der Waals surface area contributed by atoms with Crippen molar-refractivity contribution in [3.63, 3.8) is 0 Å². The number of nitrogens with two attached hydrogens (primary N) is 1. The number of hydrogen-bond donors (Lipinski definition) is 4. The monoisotopic (exact) mass is 449 g/mol. The van der Waals surface area contributed by atoms with Crippen LogP contribution in [0.25, 0.3) is 11.2 Å². The summed E-state index contributed by atoms with van der Waals surface area (Å²) in [7, 11) is 0. The second-order valence-corrected chi connectivity index (χ2v) is 7.04. The Balaban J connectivity index is 0.00000320. The molecular formula is C18H27CaN5O6. The van der Waals surface area contributed by atoms with Crippen molar-refractivity contribution in [3.8, 4) is 0 Å². The standard InChI is InChI=1S/C18H25N5O6.Ca.2H/c1-3-5-9(25)16-21-15(19)12-17(22-16)23(8-20-12)18(11(26)6-4-2)14(28)13(27)10(7-24)29-18;;;/h8,10,13-14,24,27-28H,3-7H2,1-2H3,(H2,19,21,22);;;/t10-,13-,14-,18-;;;/m1.../s1. The third-order valence-electron chi connectivity index (χ3n) is 5.00. The van der Waals surface area contributed by atoms with E-state index in [1.54, 1.807) is 6.92 Å². The van der Waals surface area contributed by atoms with Gasteiger partial charge in [-0.25, -0.2) is 15.0 Å². The molecule has 11 nitrogen and oxygen atoms in total. The summed E-state index contributed by atoms with van der Waals surface area (Å²) in [6, 6.07) is 0. The summed E-state index contributed by atoms with van der Waals surface area (Å²) >= 11 is 0. The number of aliphatic hydroxyl groups is 3. The summed E-state index contributed by atoms with van der Waals surface area (Å²) in [5, 5.41) is 30.6. The van der Waals surface area contributed by atoms with Gasteiger partial charge in [-0.2, -0.15) is 0 Å².